The van der Waals surface area contributed by atoms with Gasteiger partial charge in [-0.15, -0.1) is 0 Å². The number of carbonyl (C=O) groups excluding carboxylic acids is 1. The van der Waals surface area contributed by atoms with Crippen LogP contribution in [0.25, 0.3) is 0 Å². The van der Waals surface area contributed by atoms with Crippen molar-refractivity contribution in [2.75, 3.05) is 0 Å². The van der Waals surface area contributed by atoms with Crippen LogP contribution in [0.2, 0.25) is 0 Å². The van der Waals surface area contributed by atoms with Crippen LogP contribution in [-0.4, -0.2) is 13.5 Å². The maximum atomic E-state index is 12.2. The molecule has 3 heteroatoms. The van der Waals surface area contributed by atoms with Gasteiger partial charge in [-0.3, -0.25) is 0 Å². The third kappa shape index (κ3) is 1.44. The zero-order valence-electron chi connectivity index (χ0n) is 5.60. The molecule has 0 fully saturated rings. The van der Waals surface area contributed by atoms with E-state index in [0.717, 1.165) is 0 Å². The van der Waals surface area contributed by atoms with E-state index in [2.05, 4.69) is 0 Å². The summed E-state index contributed by atoms with van der Waals surface area (Å²) in [6.07, 6.45) is 0. The number of carbonyl (C=O) groups is 1. The topological polar surface area (TPSA) is 17.1 Å². The van der Waals surface area contributed by atoms with E-state index >= 15 is 0 Å². The molecule has 0 heterocycles. The Labute approximate surface area is 59.3 Å². The van der Waals surface area contributed by atoms with Gasteiger partial charge in [-0.25, -0.2) is 4.39 Å². The second-order valence-electron chi connectivity index (χ2n) is 2.06. The summed E-state index contributed by atoms with van der Waals surface area (Å²) >= 11 is 0. The highest BCUT2D eigenvalue weighted by molar-refractivity contribution is 6.62. The van der Waals surface area contributed by atoms with Crippen LogP contribution in [-0.2, 0) is 0 Å². The molecule has 0 amide bonds. The highest BCUT2D eigenvalue weighted by Crippen LogP contribution is 2.01. The number of hydrogen-bond acceptors (Lipinski definition) is 1. The van der Waals surface area contributed by atoms with Gasteiger partial charge in [0.2, 0.25) is 0 Å². The van der Waals surface area contributed by atoms with Crippen LogP contribution in [0.1, 0.15) is 10.4 Å². The molecule has 1 aromatic rings. The summed E-state index contributed by atoms with van der Waals surface area (Å²) < 4.78 is 12.2. The van der Waals surface area contributed by atoms with Gasteiger partial charge in [0.05, 0.1) is 0 Å². The molecule has 0 saturated heterocycles. The SMILES string of the molecule is BC(=O)c1ccc(F)cc1. The minimum absolute atomic E-state index is 0.0417. The molecule has 0 aliphatic heterocycles. The van der Waals surface area contributed by atoms with E-state index in [1.54, 1.807) is 0 Å². The first-order chi connectivity index (χ1) is 4.70. The first-order valence-electron chi connectivity index (χ1n) is 2.96. The average Bonchev–Trinajstić information content (AvgIpc) is 1.88. The first kappa shape index (κ1) is 7.00. The smallest absolute Gasteiger partial charge is 0.193 e. The van der Waals surface area contributed by atoms with Crippen molar-refractivity contribution in [1.29, 1.82) is 0 Å². The highest BCUT2D eigenvalue weighted by Gasteiger charge is 1.96. The highest BCUT2D eigenvalue weighted by atomic mass is 19.1. The zero-order chi connectivity index (χ0) is 7.56. The standard InChI is InChI=1S/C7H6BFO/c8-7(10)5-1-3-6(9)4-2-5/h1-4H,8H2. The molecule has 0 atom stereocenters. The molecule has 0 aliphatic carbocycles. The summed E-state index contributed by atoms with van der Waals surface area (Å²) in [7, 11) is 1.45. The molecule has 0 aliphatic rings. The molecule has 0 aromatic heterocycles. The van der Waals surface area contributed by atoms with E-state index in [-0.39, 0.29) is 11.5 Å². The Hall–Kier alpha value is -1.12. The van der Waals surface area contributed by atoms with Crippen LogP contribution in [0.5, 0.6) is 0 Å². The van der Waals surface area contributed by atoms with Gasteiger partial charge in [0.15, 0.2) is 7.85 Å². The molecule has 0 saturated carbocycles. The second-order valence-corrected chi connectivity index (χ2v) is 2.06. The van der Waals surface area contributed by atoms with Crippen molar-refractivity contribution < 1.29 is 9.18 Å². The Morgan fingerprint density at radius 3 is 2.20 bits per heavy atom. The van der Waals surface area contributed by atoms with Crippen LogP contribution in [0.3, 0.4) is 0 Å². The fraction of sp³-hybridized carbons (Fsp3) is 0. The predicted molar refractivity (Wildman–Crippen MR) is 39.3 cm³/mol. The van der Waals surface area contributed by atoms with Gasteiger partial charge < -0.3 is 4.79 Å². The fourth-order valence-corrected chi connectivity index (χ4v) is 0.685. The molecule has 1 nitrogen and oxygen atoms in total. The van der Waals surface area contributed by atoms with E-state index in [1.165, 1.54) is 32.1 Å². The molecule has 0 unspecified atom stereocenters. The number of rotatable bonds is 1. The number of benzene rings is 1. The van der Waals surface area contributed by atoms with Gasteiger partial charge in [-0.05, 0) is 24.3 Å². The Balaban J connectivity index is 3.00. The monoisotopic (exact) mass is 136 g/mol. The quantitative estimate of drug-likeness (QED) is 0.516. The molecule has 1 rings (SSSR count). The molecule has 0 bridgehead atoms. The number of halogens is 1. The van der Waals surface area contributed by atoms with Crippen molar-refractivity contribution in [2.24, 2.45) is 0 Å². The van der Waals surface area contributed by atoms with Crippen LogP contribution >= 0.6 is 0 Å². The van der Waals surface area contributed by atoms with Crippen LogP contribution in [0.15, 0.2) is 24.3 Å². The van der Waals surface area contributed by atoms with E-state index in [4.69, 9.17) is 0 Å². The molecule has 0 N–H and O–H groups in total. The first-order valence-corrected chi connectivity index (χ1v) is 2.96. The van der Waals surface area contributed by atoms with Crippen molar-refractivity contribution in [3.05, 3.63) is 35.6 Å². The Kier molecular flexibility index (Phi) is 1.85. The summed E-state index contributed by atoms with van der Waals surface area (Å²) in [5.41, 5.74) is 0.501. The van der Waals surface area contributed by atoms with Crippen molar-refractivity contribution in [2.45, 2.75) is 0 Å². The summed E-state index contributed by atoms with van der Waals surface area (Å²) in [6.45, 7) is 0. The van der Waals surface area contributed by atoms with Gasteiger partial charge in [0.1, 0.15) is 11.5 Å². The minimum atomic E-state index is -0.315. The maximum Gasteiger partial charge on any atom is 0.193 e. The van der Waals surface area contributed by atoms with Gasteiger partial charge in [0, 0.05) is 5.56 Å². The molecular formula is C7H6BFO. The van der Waals surface area contributed by atoms with E-state index in [1.807, 2.05) is 0 Å². The molecule has 0 spiro atoms. The second kappa shape index (κ2) is 2.65. The van der Waals surface area contributed by atoms with Crippen LogP contribution in [0.4, 0.5) is 4.39 Å². The third-order valence-corrected chi connectivity index (χ3v) is 1.25. The van der Waals surface area contributed by atoms with Crippen molar-refractivity contribution in [3.63, 3.8) is 0 Å². The molecule has 1 aromatic carbocycles. The van der Waals surface area contributed by atoms with E-state index in [0.29, 0.717) is 5.56 Å². The molecule has 50 valence electrons. The van der Waals surface area contributed by atoms with E-state index in [9.17, 15) is 9.18 Å². The predicted octanol–water partition coefficient (Wildman–Crippen LogP) is 0.599. The molecule has 0 radical (unpaired) electrons. The largest absolute Gasteiger partial charge is 0.307 e. The average molecular weight is 136 g/mol. The lowest BCUT2D eigenvalue weighted by Crippen LogP contribution is -1.96. The minimum Gasteiger partial charge on any atom is -0.307 e. The Bertz CT molecular complexity index is 242. The van der Waals surface area contributed by atoms with Gasteiger partial charge in [0.25, 0.3) is 0 Å². The lowest BCUT2D eigenvalue weighted by atomic mass is 9.95. The normalized spacial score (nSPS) is 9.30. The van der Waals surface area contributed by atoms with Crippen LogP contribution in [0, 0.1) is 5.82 Å². The Morgan fingerprint density at radius 2 is 1.80 bits per heavy atom. The fourth-order valence-electron chi connectivity index (χ4n) is 0.685. The molecule has 10 heavy (non-hydrogen) atoms. The summed E-state index contributed by atoms with van der Waals surface area (Å²) in [6, 6.07) is 5.49. The van der Waals surface area contributed by atoms with Crippen LogP contribution < -0.4 is 0 Å². The maximum absolute atomic E-state index is 12.2. The lowest BCUT2D eigenvalue weighted by molar-refractivity contribution is 0.108. The van der Waals surface area contributed by atoms with Gasteiger partial charge in [-0.2, -0.15) is 0 Å². The van der Waals surface area contributed by atoms with E-state index < -0.39 is 0 Å². The summed E-state index contributed by atoms with van der Waals surface area (Å²) in [5.74, 6) is -0.315. The Morgan fingerprint density at radius 1 is 1.30 bits per heavy atom. The lowest BCUT2D eigenvalue weighted by Gasteiger charge is -1.92. The van der Waals surface area contributed by atoms with Crippen molar-refractivity contribution >= 4 is 13.5 Å². The third-order valence-electron chi connectivity index (χ3n) is 1.25. The van der Waals surface area contributed by atoms with Crippen molar-refractivity contribution in [3.8, 4) is 0 Å². The summed E-state index contributed by atoms with van der Waals surface area (Å²) in [4.78, 5) is 10.6. The van der Waals surface area contributed by atoms with Crippen molar-refractivity contribution in [1.82, 2.24) is 0 Å². The van der Waals surface area contributed by atoms with Gasteiger partial charge >= 0.3 is 0 Å². The zero-order valence-corrected chi connectivity index (χ0v) is 5.60. The van der Waals surface area contributed by atoms with Gasteiger partial charge in [-0.1, -0.05) is 0 Å². The molecular weight excluding hydrogens is 130 g/mol. The number of hydrogen-bond donors (Lipinski definition) is 0. The summed E-state index contributed by atoms with van der Waals surface area (Å²) in [5, 5.41) is 0.